The second-order valence-corrected chi connectivity index (χ2v) is 7.09. The quantitative estimate of drug-likeness (QED) is 0.865. The molecule has 2 aliphatic rings. The number of amides is 1. The van der Waals surface area contributed by atoms with Gasteiger partial charge >= 0.3 is 0 Å². The monoisotopic (exact) mass is 352 g/mol. The lowest BCUT2D eigenvalue weighted by atomic mass is 10.0. The summed E-state index contributed by atoms with van der Waals surface area (Å²) in [6.07, 6.45) is 6.69. The van der Waals surface area contributed by atoms with E-state index in [2.05, 4.69) is 20.2 Å². The molecule has 1 saturated heterocycles. The molecule has 1 amide bonds. The fraction of sp³-hybridized carbons (Fsp3) is 0.450. The zero-order valence-corrected chi connectivity index (χ0v) is 14.8. The summed E-state index contributed by atoms with van der Waals surface area (Å²) >= 11 is 0. The average Bonchev–Trinajstić information content (AvgIpc) is 3.47. The summed E-state index contributed by atoms with van der Waals surface area (Å²) in [6.45, 7) is 1.67. The average molecular weight is 352 g/mol. The van der Waals surface area contributed by atoms with Gasteiger partial charge in [-0.3, -0.25) is 4.79 Å². The number of rotatable bonds is 6. The highest BCUT2D eigenvalue weighted by Gasteiger charge is 2.27. The summed E-state index contributed by atoms with van der Waals surface area (Å²) in [6, 6.07) is 11.6. The lowest BCUT2D eigenvalue weighted by Gasteiger charge is -2.32. The van der Waals surface area contributed by atoms with Crippen molar-refractivity contribution in [3.8, 4) is 11.6 Å². The van der Waals surface area contributed by atoms with E-state index in [1.807, 2.05) is 30.3 Å². The molecule has 6 heteroatoms. The van der Waals surface area contributed by atoms with E-state index in [1.54, 1.807) is 12.3 Å². The molecule has 0 spiro atoms. The molecule has 0 radical (unpaired) electrons. The van der Waals surface area contributed by atoms with Gasteiger partial charge in [-0.25, -0.2) is 4.98 Å². The lowest BCUT2D eigenvalue weighted by Crippen LogP contribution is -2.45. The molecule has 1 aliphatic heterocycles. The number of nitrogens with zero attached hydrogens (tertiary/aromatic N) is 3. The van der Waals surface area contributed by atoms with Gasteiger partial charge in [0.2, 0.25) is 17.7 Å². The molecule has 2 heterocycles. The third-order valence-electron chi connectivity index (χ3n) is 4.90. The summed E-state index contributed by atoms with van der Waals surface area (Å²) in [5.41, 5.74) is 0. The van der Waals surface area contributed by atoms with Crippen molar-refractivity contribution in [3.63, 3.8) is 0 Å². The van der Waals surface area contributed by atoms with E-state index in [4.69, 9.17) is 4.74 Å². The van der Waals surface area contributed by atoms with Crippen LogP contribution >= 0.6 is 0 Å². The Morgan fingerprint density at radius 2 is 1.88 bits per heavy atom. The van der Waals surface area contributed by atoms with Crippen LogP contribution in [0, 0.1) is 5.92 Å². The zero-order chi connectivity index (χ0) is 17.8. The first-order valence-corrected chi connectivity index (χ1v) is 9.36. The first-order chi connectivity index (χ1) is 12.8. The number of para-hydroxylation sites is 1. The minimum absolute atomic E-state index is 0.209. The van der Waals surface area contributed by atoms with Crippen LogP contribution in [0.15, 0.2) is 42.6 Å². The summed E-state index contributed by atoms with van der Waals surface area (Å²) in [5, 5.41) is 3.18. The molecule has 2 aromatic rings. The van der Waals surface area contributed by atoms with E-state index in [-0.39, 0.29) is 11.9 Å². The van der Waals surface area contributed by atoms with Crippen molar-refractivity contribution in [3.05, 3.63) is 42.6 Å². The van der Waals surface area contributed by atoms with Gasteiger partial charge in [-0.2, -0.15) is 4.98 Å². The van der Waals surface area contributed by atoms with Crippen LogP contribution in [0.5, 0.6) is 11.6 Å². The molecule has 0 atom stereocenters. The molecule has 1 aliphatic carbocycles. The van der Waals surface area contributed by atoms with Gasteiger partial charge in [0.05, 0.1) is 0 Å². The Labute approximate surface area is 153 Å². The molecular formula is C20H24N4O2. The van der Waals surface area contributed by atoms with E-state index < -0.39 is 0 Å². The number of carbonyl (C=O) groups excluding carboxylic acids is 1. The Balaban J connectivity index is 1.31. The SMILES string of the molecule is O=C(CC1CC1)NC1CCN(c2nccc(Oc3ccccc3)n2)CC1. The van der Waals surface area contributed by atoms with Gasteiger partial charge in [-0.05, 0) is 43.7 Å². The second kappa shape index (κ2) is 7.72. The molecular weight excluding hydrogens is 328 g/mol. The number of benzene rings is 1. The van der Waals surface area contributed by atoms with Gasteiger partial charge in [0.15, 0.2) is 0 Å². The predicted molar refractivity (Wildman–Crippen MR) is 99.3 cm³/mol. The molecule has 6 nitrogen and oxygen atoms in total. The number of hydrogen-bond acceptors (Lipinski definition) is 5. The van der Waals surface area contributed by atoms with Crippen molar-refractivity contribution in [2.45, 2.75) is 38.1 Å². The molecule has 1 saturated carbocycles. The molecule has 0 unspecified atom stereocenters. The van der Waals surface area contributed by atoms with Crippen LogP contribution in [-0.2, 0) is 4.79 Å². The molecule has 4 rings (SSSR count). The normalized spacial score (nSPS) is 17.8. The standard InChI is InChI=1S/C20H24N4O2/c25-18(14-15-6-7-15)22-16-9-12-24(13-10-16)20-21-11-8-19(23-20)26-17-4-2-1-3-5-17/h1-5,8,11,15-16H,6-7,9-10,12-14H2,(H,22,25). The molecule has 1 N–H and O–H groups in total. The number of ether oxygens (including phenoxy) is 1. The number of piperidine rings is 1. The Bertz CT molecular complexity index is 740. The maximum absolute atomic E-state index is 12.0. The van der Waals surface area contributed by atoms with Crippen LogP contribution in [-0.4, -0.2) is 35.0 Å². The Kier molecular flexibility index (Phi) is 5.00. The molecule has 1 aromatic carbocycles. The molecule has 136 valence electrons. The number of nitrogens with one attached hydrogen (secondary N) is 1. The third kappa shape index (κ3) is 4.50. The molecule has 1 aromatic heterocycles. The molecule has 0 bridgehead atoms. The fourth-order valence-corrected chi connectivity index (χ4v) is 3.25. The van der Waals surface area contributed by atoms with Gasteiger partial charge in [-0.15, -0.1) is 0 Å². The minimum atomic E-state index is 0.209. The minimum Gasteiger partial charge on any atom is -0.439 e. The van der Waals surface area contributed by atoms with Crippen LogP contribution in [0.25, 0.3) is 0 Å². The van der Waals surface area contributed by atoms with Crippen molar-refractivity contribution in [2.24, 2.45) is 5.92 Å². The predicted octanol–water partition coefficient (Wildman–Crippen LogP) is 3.15. The van der Waals surface area contributed by atoms with E-state index in [0.717, 1.165) is 31.7 Å². The van der Waals surface area contributed by atoms with Gasteiger partial charge in [0.25, 0.3) is 0 Å². The fourth-order valence-electron chi connectivity index (χ4n) is 3.25. The van der Waals surface area contributed by atoms with Crippen molar-refractivity contribution >= 4 is 11.9 Å². The first kappa shape index (κ1) is 16.8. The van der Waals surface area contributed by atoms with Crippen LogP contribution in [0.2, 0.25) is 0 Å². The van der Waals surface area contributed by atoms with Crippen molar-refractivity contribution in [1.29, 1.82) is 0 Å². The number of hydrogen-bond donors (Lipinski definition) is 1. The van der Waals surface area contributed by atoms with Crippen LogP contribution in [0.1, 0.15) is 32.1 Å². The van der Waals surface area contributed by atoms with Crippen LogP contribution in [0.3, 0.4) is 0 Å². The number of carbonyl (C=O) groups is 1. The summed E-state index contributed by atoms with van der Waals surface area (Å²) in [4.78, 5) is 23.0. The lowest BCUT2D eigenvalue weighted by molar-refractivity contribution is -0.122. The van der Waals surface area contributed by atoms with E-state index >= 15 is 0 Å². The van der Waals surface area contributed by atoms with Crippen molar-refractivity contribution in [1.82, 2.24) is 15.3 Å². The first-order valence-electron chi connectivity index (χ1n) is 9.36. The summed E-state index contributed by atoms with van der Waals surface area (Å²) < 4.78 is 5.79. The van der Waals surface area contributed by atoms with E-state index in [9.17, 15) is 4.79 Å². The highest BCUT2D eigenvalue weighted by Crippen LogP contribution is 2.32. The van der Waals surface area contributed by atoms with Crippen molar-refractivity contribution < 1.29 is 9.53 Å². The van der Waals surface area contributed by atoms with Gasteiger partial charge in [0, 0.05) is 37.8 Å². The van der Waals surface area contributed by atoms with E-state index in [1.165, 1.54) is 12.8 Å². The highest BCUT2D eigenvalue weighted by molar-refractivity contribution is 5.76. The maximum atomic E-state index is 12.0. The van der Waals surface area contributed by atoms with Crippen LogP contribution in [0.4, 0.5) is 5.95 Å². The number of aromatic nitrogens is 2. The molecule has 26 heavy (non-hydrogen) atoms. The van der Waals surface area contributed by atoms with E-state index in [0.29, 0.717) is 24.2 Å². The number of anilines is 1. The van der Waals surface area contributed by atoms with Crippen LogP contribution < -0.4 is 15.0 Å². The van der Waals surface area contributed by atoms with Gasteiger partial charge in [0.1, 0.15) is 5.75 Å². The second-order valence-electron chi connectivity index (χ2n) is 7.09. The van der Waals surface area contributed by atoms with Gasteiger partial charge in [-0.1, -0.05) is 18.2 Å². The topological polar surface area (TPSA) is 67.4 Å². The summed E-state index contributed by atoms with van der Waals surface area (Å²) in [7, 11) is 0. The van der Waals surface area contributed by atoms with Gasteiger partial charge < -0.3 is 15.0 Å². The largest absolute Gasteiger partial charge is 0.439 e. The highest BCUT2D eigenvalue weighted by atomic mass is 16.5. The maximum Gasteiger partial charge on any atom is 0.228 e. The Morgan fingerprint density at radius 1 is 1.12 bits per heavy atom. The Morgan fingerprint density at radius 3 is 2.62 bits per heavy atom. The third-order valence-corrected chi connectivity index (χ3v) is 4.90. The smallest absolute Gasteiger partial charge is 0.228 e. The molecule has 2 fully saturated rings. The van der Waals surface area contributed by atoms with Crippen molar-refractivity contribution in [2.75, 3.05) is 18.0 Å². The zero-order valence-electron chi connectivity index (χ0n) is 14.8. The summed E-state index contributed by atoms with van der Waals surface area (Å²) in [5.74, 6) is 2.83. The Hall–Kier alpha value is -2.63.